The van der Waals surface area contributed by atoms with Crippen molar-refractivity contribution in [1.82, 2.24) is 0 Å². The molecule has 0 atom stereocenters. The van der Waals surface area contributed by atoms with Gasteiger partial charge in [-0.3, -0.25) is 0 Å². The number of ether oxygens (including phenoxy) is 1. The van der Waals surface area contributed by atoms with Gasteiger partial charge in [-0.15, -0.1) is 0 Å². The highest BCUT2D eigenvalue weighted by Crippen LogP contribution is 2.15. The van der Waals surface area contributed by atoms with Crippen LogP contribution in [-0.4, -0.2) is 35.2 Å². The van der Waals surface area contributed by atoms with Crippen molar-refractivity contribution in [1.29, 1.82) is 0 Å². The van der Waals surface area contributed by atoms with Crippen LogP contribution in [0.25, 0.3) is 0 Å². The Bertz CT molecular complexity index is 390. The van der Waals surface area contributed by atoms with Crippen molar-refractivity contribution >= 4 is 24.4 Å². The Morgan fingerprint density at radius 3 is 2.06 bits per heavy atom. The predicted molar refractivity (Wildman–Crippen MR) is 76.7 cm³/mol. The summed E-state index contributed by atoms with van der Waals surface area (Å²) in [6.45, 7) is 13.7. The summed E-state index contributed by atoms with van der Waals surface area (Å²) in [5.74, 6) is -0.0650. The van der Waals surface area contributed by atoms with Gasteiger partial charge in [0.05, 0.1) is 12.4 Å². The molecule has 0 aliphatic heterocycles. The lowest BCUT2D eigenvalue weighted by molar-refractivity contribution is 0.152. The Kier molecular flexibility index (Phi) is 5.86. The third kappa shape index (κ3) is 9.47. The summed E-state index contributed by atoms with van der Waals surface area (Å²) >= 11 is 0. The summed E-state index contributed by atoms with van der Waals surface area (Å²) in [5, 5.41) is 0. The van der Waals surface area contributed by atoms with Crippen LogP contribution in [0.15, 0.2) is 4.40 Å². The van der Waals surface area contributed by atoms with Crippen molar-refractivity contribution in [3.8, 4) is 0 Å². The van der Waals surface area contributed by atoms with Gasteiger partial charge in [0.15, 0.2) is 0 Å². The van der Waals surface area contributed by atoms with Crippen molar-refractivity contribution < 1.29 is 17.6 Å². The molecule has 0 saturated carbocycles. The summed E-state index contributed by atoms with van der Waals surface area (Å²) in [6, 6.07) is 0. The monoisotopic (exact) mass is 295 g/mol. The van der Waals surface area contributed by atoms with Crippen LogP contribution < -0.4 is 0 Å². The second-order valence-electron chi connectivity index (χ2n) is 6.29. The maximum absolute atomic E-state index is 11.5. The van der Waals surface area contributed by atoms with Crippen molar-refractivity contribution in [3.05, 3.63) is 0 Å². The maximum atomic E-state index is 11.5. The quantitative estimate of drug-likeness (QED) is 0.454. The molecule has 0 fully saturated rings. The average molecular weight is 295 g/mol. The molecule has 0 bridgehead atoms. The number of nitrogens with zero attached hydrogens (tertiary/aromatic N) is 1. The van der Waals surface area contributed by atoms with Gasteiger partial charge in [-0.05, 0) is 32.0 Å². The van der Waals surface area contributed by atoms with E-state index in [0.717, 1.165) is 0 Å². The van der Waals surface area contributed by atoms with E-state index in [2.05, 4.69) is 4.40 Å². The zero-order valence-corrected chi connectivity index (χ0v) is 14.2. The van der Waals surface area contributed by atoms with Crippen molar-refractivity contribution in [2.75, 3.05) is 12.4 Å². The first kappa shape index (κ1) is 17.4. The molecule has 0 amide bonds. The van der Waals surface area contributed by atoms with E-state index < -0.39 is 18.3 Å². The van der Waals surface area contributed by atoms with E-state index in [1.54, 1.807) is 0 Å². The number of sulfonamides is 1. The van der Waals surface area contributed by atoms with Gasteiger partial charge >= 0.3 is 6.08 Å². The van der Waals surface area contributed by atoms with E-state index in [4.69, 9.17) is 9.16 Å². The summed E-state index contributed by atoms with van der Waals surface area (Å²) in [7, 11) is -5.45. The highest BCUT2D eigenvalue weighted by atomic mass is 32.2. The van der Waals surface area contributed by atoms with E-state index in [0.29, 0.717) is 6.61 Å². The molecule has 5 nitrogen and oxygen atoms in total. The molecule has 0 radical (unpaired) electrons. The van der Waals surface area contributed by atoms with Crippen molar-refractivity contribution in [2.24, 2.45) is 9.81 Å². The van der Waals surface area contributed by atoms with Crippen LogP contribution in [-0.2, 0) is 19.2 Å². The van der Waals surface area contributed by atoms with Crippen LogP contribution in [0.5, 0.6) is 0 Å². The first-order chi connectivity index (χ1) is 7.85. The Balaban J connectivity index is 4.97. The molecule has 0 spiro atoms. The van der Waals surface area contributed by atoms with Crippen LogP contribution >= 0.6 is 0 Å². The molecule has 0 aromatic rings. The molecule has 0 aromatic heterocycles. The molecular weight excluding hydrogens is 270 g/mol. The fourth-order valence-electron chi connectivity index (χ4n) is 0.793. The van der Waals surface area contributed by atoms with Gasteiger partial charge in [-0.25, -0.2) is 8.42 Å². The Hall–Kier alpha value is -0.563. The lowest BCUT2D eigenvalue weighted by atomic mass is 9.99. The first-order valence-corrected chi connectivity index (χ1v) is 11.0. The van der Waals surface area contributed by atoms with Crippen molar-refractivity contribution in [3.63, 3.8) is 0 Å². The minimum atomic E-state index is -3.50. The number of hydrogen-bond acceptors (Lipinski definition) is 4. The first-order valence-electron chi connectivity index (χ1n) is 5.99. The summed E-state index contributed by atoms with van der Waals surface area (Å²) < 4.78 is 37.5. The molecule has 0 N–H and O–H groups in total. The number of hydrogen-bond donors (Lipinski definition) is 0. The van der Waals surface area contributed by atoms with E-state index in [9.17, 15) is 8.42 Å². The Morgan fingerprint density at radius 2 is 1.72 bits per heavy atom. The minimum absolute atomic E-state index is 0.0650. The van der Waals surface area contributed by atoms with Gasteiger partial charge in [0.25, 0.3) is 10.0 Å². The van der Waals surface area contributed by atoms with Crippen LogP contribution in [0.3, 0.4) is 0 Å². The van der Waals surface area contributed by atoms with E-state index >= 15 is 0 Å². The molecule has 0 aromatic carbocycles. The van der Waals surface area contributed by atoms with Gasteiger partial charge in [0, 0.05) is 0 Å². The molecule has 0 heterocycles. The van der Waals surface area contributed by atoms with Gasteiger partial charge < -0.3 is 9.16 Å². The van der Waals surface area contributed by atoms with Crippen LogP contribution in [0.4, 0.5) is 0 Å². The molecule has 0 rings (SSSR count). The highest BCUT2D eigenvalue weighted by molar-refractivity contribution is 7.90. The Morgan fingerprint density at radius 1 is 1.22 bits per heavy atom. The van der Waals surface area contributed by atoms with Gasteiger partial charge in [0.1, 0.15) is 0 Å². The van der Waals surface area contributed by atoms with Gasteiger partial charge in [-0.2, -0.15) is 0 Å². The molecule has 0 aliphatic rings. The predicted octanol–water partition coefficient (Wildman–Crippen LogP) is 2.61. The Labute approximate surface area is 112 Å². The zero-order valence-electron chi connectivity index (χ0n) is 12.4. The molecule has 18 heavy (non-hydrogen) atoms. The summed E-state index contributed by atoms with van der Waals surface area (Å²) in [6.07, 6.45) is -0.119. The van der Waals surface area contributed by atoms with Gasteiger partial charge in [-0.1, -0.05) is 25.2 Å². The second-order valence-corrected chi connectivity index (χ2v) is 12.6. The number of rotatable bonds is 4. The standard InChI is InChI=1S/C11H25NO4SSi/c1-8-17(13,14)12-10(16-18(5,6)7)15-9-11(2,3)4/h8-9H2,1-7H3/b12-10-. The van der Waals surface area contributed by atoms with E-state index in [1.807, 2.05) is 40.4 Å². The molecular formula is C11H25NO4SSi. The normalized spacial score (nSPS) is 14.5. The molecule has 0 aliphatic carbocycles. The highest BCUT2D eigenvalue weighted by Gasteiger charge is 2.23. The zero-order chi connectivity index (χ0) is 14.6. The van der Waals surface area contributed by atoms with Crippen molar-refractivity contribution in [2.45, 2.75) is 47.3 Å². The van der Waals surface area contributed by atoms with Crippen LogP contribution in [0.2, 0.25) is 19.6 Å². The maximum Gasteiger partial charge on any atom is 0.385 e. The lowest BCUT2D eigenvalue weighted by Crippen LogP contribution is -2.32. The summed E-state index contributed by atoms with van der Waals surface area (Å²) in [4.78, 5) is 0. The SMILES string of the molecule is CCS(=O)(=O)/N=C(/OCC(C)(C)C)O[Si](C)(C)C. The average Bonchev–Trinajstić information content (AvgIpc) is 2.10. The fraction of sp³-hybridized carbons (Fsp3) is 0.909. The molecule has 0 unspecified atom stereocenters. The van der Waals surface area contributed by atoms with Crippen LogP contribution in [0.1, 0.15) is 27.7 Å². The van der Waals surface area contributed by atoms with E-state index in [1.165, 1.54) is 6.92 Å². The third-order valence-electron chi connectivity index (χ3n) is 1.60. The summed E-state index contributed by atoms with van der Waals surface area (Å²) in [5.41, 5.74) is -0.0838. The largest absolute Gasteiger partial charge is 0.505 e. The van der Waals surface area contributed by atoms with E-state index in [-0.39, 0.29) is 17.3 Å². The van der Waals surface area contributed by atoms with Gasteiger partial charge in [0.2, 0.25) is 8.32 Å². The van der Waals surface area contributed by atoms with Crippen LogP contribution in [0, 0.1) is 5.41 Å². The second kappa shape index (κ2) is 6.05. The minimum Gasteiger partial charge on any atom is -0.505 e. The third-order valence-corrected chi connectivity index (χ3v) is 3.54. The molecule has 7 heteroatoms. The smallest absolute Gasteiger partial charge is 0.385 e. The fourth-order valence-corrected chi connectivity index (χ4v) is 1.93. The topological polar surface area (TPSA) is 65.0 Å². The molecule has 0 saturated heterocycles. The lowest BCUT2D eigenvalue weighted by Gasteiger charge is -2.23. The molecule has 108 valence electrons.